The highest BCUT2D eigenvalue weighted by Crippen LogP contribution is 2.20. The average molecular weight is 531 g/mol. The lowest BCUT2D eigenvalue weighted by atomic mass is 10.0. The molecule has 0 heterocycles. The van der Waals surface area contributed by atoms with E-state index < -0.39 is 0 Å². The summed E-state index contributed by atoms with van der Waals surface area (Å²) >= 11 is 0. The van der Waals surface area contributed by atoms with Crippen LogP contribution in [-0.4, -0.2) is 11.4 Å². The van der Waals surface area contributed by atoms with Crippen molar-refractivity contribution in [3.8, 4) is 0 Å². The smallest absolute Gasteiger partial charge is 0.0633 e. The Balaban J connectivity index is 1.67. The first-order chi connectivity index (χ1) is 19.3. The topological polar surface area (TPSA) is 24.7 Å². The molecule has 2 rings (SSSR count). The monoisotopic (exact) mass is 530 g/mol. The lowest BCUT2D eigenvalue weighted by Crippen LogP contribution is -2.14. The van der Waals surface area contributed by atoms with Crippen LogP contribution in [0.15, 0.2) is 70.6 Å². The van der Waals surface area contributed by atoms with E-state index in [2.05, 4.69) is 74.5 Å². The molecule has 0 amide bonds. The van der Waals surface area contributed by atoms with Crippen LogP contribution in [-0.2, 0) is 0 Å². The van der Waals surface area contributed by atoms with E-state index in [4.69, 9.17) is 9.98 Å². The average Bonchev–Trinajstić information content (AvgIpc) is 2.97. The van der Waals surface area contributed by atoms with E-state index in [9.17, 15) is 0 Å². The second-order valence-corrected chi connectivity index (χ2v) is 11.3. The zero-order valence-corrected chi connectivity index (χ0v) is 25.5. The Kier molecular flexibility index (Phi) is 20.0. The predicted octanol–water partition coefficient (Wildman–Crippen LogP) is 12.8. The van der Waals surface area contributed by atoms with E-state index in [-0.39, 0.29) is 0 Å². The van der Waals surface area contributed by atoms with Gasteiger partial charge in [-0.05, 0) is 49.9 Å². The summed E-state index contributed by atoms with van der Waals surface area (Å²) in [4.78, 5) is 10.2. The van der Waals surface area contributed by atoms with Gasteiger partial charge in [0.25, 0.3) is 0 Å². The van der Waals surface area contributed by atoms with Gasteiger partial charge in [0.2, 0.25) is 0 Å². The van der Waals surface area contributed by atoms with Crippen molar-refractivity contribution in [3.63, 3.8) is 0 Å². The lowest BCUT2D eigenvalue weighted by Gasteiger charge is -2.11. The maximum atomic E-state index is 5.10. The highest BCUT2D eigenvalue weighted by molar-refractivity contribution is 6.43. The summed E-state index contributed by atoms with van der Waals surface area (Å²) in [5.74, 6) is 0. The van der Waals surface area contributed by atoms with E-state index in [1.54, 1.807) is 0 Å². The van der Waals surface area contributed by atoms with Crippen molar-refractivity contribution in [3.05, 3.63) is 60.7 Å². The van der Waals surface area contributed by atoms with E-state index in [0.29, 0.717) is 0 Å². The van der Waals surface area contributed by atoms with Gasteiger partial charge in [-0.15, -0.1) is 0 Å². The Morgan fingerprint density at radius 1 is 0.385 bits per heavy atom. The van der Waals surface area contributed by atoms with E-state index >= 15 is 0 Å². The Labute approximate surface area is 241 Å². The molecule has 0 radical (unpaired) electrons. The molecular weight excluding hydrogens is 472 g/mol. The third-order valence-electron chi connectivity index (χ3n) is 7.66. The normalized spacial score (nSPS) is 12.3. The number of hydrogen-bond donors (Lipinski definition) is 0. The largest absolute Gasteiger partial charge is 0.252 e. The Bertz CT molecular complexity index is 869. The molecule has 0 aliphatic heterocycles. The van der Waals surface area contributed by atoms with Crippen molar-refractivity contribution in [2.45, 2.75) is 149 Å². The van der Waals surface area contributed by atoms with Gasteiger partial charge in [-0.2, -0.15) is 0 Å². The fourth-order valence-corrected chi connectivity index (χ4v) is 5.21. The van der Waals surface area contributed by atoms with E-state index in [0.717, 1.165) is 30.6 Å². The van der Waals surface area contributed by atoms with Crippen molar-refractivity contribution < 1.29 is 0 Å². The summed E-state index contributed by atoms with van der Waals surface area (Å²) in [6.07, 6.45) is 28.2. The Hall–Kier alpha value is -2.22. The maximum absolute atomic E-state index is 5.10. The summed E-state index contributed by atoms with van der Waals surface area (Å²) in [7, 11) is 0. The van der Waals surface area contributed by atoms with Crippen LogP contribution in [0.5, 0.6) is 0 Å². The van der Waals surface area contributed by atoms with Crippen molar-refractivity contribution in [1.29, 1.82) is 0 Å². The van der Waals surface area contributed by atoms with Crippen LogP contribution in [0.2, 0.25) is 0 Å². The molecule has 0 aromatic heterocycles. The van der Waals surface area contributed by atoms with Gasteiger partial charge < -0.3 is 0 Å². The van der Waals surface area contributed by atoms with Crippen LogP contribution in [0.3, 0.4) is 0 Å². The molecule has 0 unspecified atom stereocenters. The second kappa shape index (κ2) is 23.6. The summed E-state index contributed by atoms with van der Waals surface area (Å²) in [6, 6.07) is 20.8. The Morgan fingerprint density at radius 3 is 1.05 bits per heavy atom. The zero-order chi connectivity index (χ0) is 27.6. The molecule has 0 bridgehead atoms. The first-order valence-corrected chi connectivity index (χ1v) is 16.6. The van der Waals surface area contributed by atoms with E-state index in [1.807, 2.05) is 0 Å². The van der Waals surface area contributed by atoms with Gasteiger partial charge in [0.05, 0.1) is 22.8 Å². The van der Waals surface area contributed by atoms with Crippen molar-refractivity contribution >= 4 is 22.8 Å². The molecular formula is C37H58N2. The molecule has 2 aromatic carbocycles. The SMILES string of the molecule is CCCCCCCCCCCCCCCCCCCC(=Nc1ccccc1)C(CCCC)=Nc1ccccc1. The molecule has 2 heteroatoms. The van der Waals surface area contributed by atoms with Gasteiger partial charge in [-0.1, -0.05) is 159 Å². The maximum Gasteiger partial charge on any atom is 0.0633 e. The number of hydrogen-bond acceptors (Lipinski definition) is 2. The minimum absolute atomic E-state index is 0.996. The molecule has 216 valence electrons. The van der Waals surface area contributed by atoms with E-state index in [1.165, 1.54) is 127 Å². The molecule has 0 saturated carbocycles. The number of nitrogens with zero attached hydrogens (tertiary/aromatic N) is 2. The third kappa shape index (κ3) is 17.2. The molecule has 0 atom stereocenters. The zero-order valence-electron chi connectivity index (χ0n) is 25.5. The highest BCUT2D eigenvalue weighted by atomic mass is 14.8. The number of para-hydroxylation sites is 2. The van der Waals surface area contributed by atoms with Crippen LogP contribution < -0.4 is 0 Å². The summed E-state index contributed by atoms with van der Waals surface area (Å²) in [5, 5.41) is 0. The summed E-state index contributed by atoms with van der Waals surface area (Å²) < 4.78 is 0. The van der Waals surface area contributed by atoms with Gasteiger partial charge >= 0.3 is 0 Å². The fourth-order valence-electron chi connectivity index (χ4n) is 5.21. The van der Waals surface area contributed by atoms with Crippen LogP contribution in [0.25, 0.3) is 0 Å². The van der Waals surface area contributed by atoms with Gasteiger partial charge in [-0.25, -0.2) is 0 Å². The van der Waals surface area contributed by atoms with Crippen LogP contribution >= 0.6 is 0 Å². The van der Waals surface area contributed by atoms with Crippen LogP contribution in [0.4, 0.5) is 11.4 Å². The van der Waals surface area contributed by atoms with Crippen molar-refractivity contribution in [1.82, 2.24) is 0 Å². The van der Waals surface area contributed by atoms with Gasteiger partial charge in [0.1, 0.15) is 0 Å². The minimum Gasteiger partial charge on any atom is -0.252 e. The minimum atomic E-state index is 0.996. The number of unbranched alkanes of at least 4 members (excludes halogenated alkanes) is 17. The number of aliphatic imine (C=N–C) groups is 2. The first-order valence-electron chi connectivity index (χ1n) is 16.6. The van der Waals surface area contributed by atoms with Crippen molar-refractivity contribution in [2.24, 2.45) is 9.98 Å². The van der Waals surface area contributed by atoms with Gasteiger partial charge in [0, 0.05) is 0 Å². The molecule has 0 N–H and O–H groups in total. The van der Waals surface area contributed by atoms with Crippen LogP contribution in [0, 0.1) is 0 Å². The van der Waals surface area contributed by atoms with Crippen LogP contribution in [0.1, 0.15) is 149 Å². The Morgan fingerprint density at radius 2 is 0.692 bits per heavy atom. The molecule has 0 fully saturated rings. The second-order valence-electron chi connectivity index (χ2n) is 11.3. The molecule has 2 nitrogen and oxygen atoms in total. The molecule has 0 aliphatic rings. The lowest BCUT2D eigenvalue weighted by molar-refractivity contribution is 0.528. The predicted molar refractivity (Wildman–Crippen MR) is 175 cm³/mol. The third-order valence-corrected chi connectivity index (χ3v) is 7.66. The van der Waals surface area contributed by atoms with Gasteiger partial charge in [0.15, 0.2) is 0 Å². The molecule has 2 aromatic rings. The highest BCUT2D eigenvalue weighted by Gasteiger charge is 2.10. The first kappa shape index (κ1) is 33.0. The standard InChI is InChI=1S/C37H58N2/c1-3-5-7-8-9-10-11-12-13-14-15-16-17-18-19-20-27-33-37(39-35-30-25-22-26-31-35)36(32-6-4-2)38-34-28-23-21-24-29-34/h21-26,28-31H,3-20,27,32-33H2,1-2H3. The number of benzene rings is 2. The number of rotatable bonds is 24. The van der Waals surface area contributed by atoms with Crippen molar-refractivity contribution in [2.75, 3.05) is 0 Å². The molecule has 0 saturated heterocycles. The molecule has 39 heavy (non-hydrogen) atoms. The summed E-state index contributed by atoms with van der Waals surface area (Å²) in [6.45, 7) is 4.55. The molecule has 0 aliphatic carbocycles. The fraction of sp³-hybridized carbons (Fsp3) is 0.622. The summed E-state index contributed by atoms with van der Waals surface area (Å²) in [5.41, 5.74) is 4.42. The molecule has 0 spiro atoms. The quantitative estimate of drug-likeness (QED) is 0.0952. The van der Waals surface area contributed by atoms with Gasteiger partial charge in [-0.3, -0.25) is 9.98 Å².